The molecule has 2 aromatic carbocycles. The molecule has 0 spiro atoms. The summed E-state index contributed by atoms with van der Waals surface area (Å²) in [6.07, 6.45) is 0. The van der Waals surface area contributed by atoms with Crippen LogP contribution in [0.15, 0.2) is 42.5 Å². The summed E-state index contributed by atoms with van der Waals surface area (Å²) in [6.45, 7) is 4.41. The number of rotatable bonds is 4. The zero-order valence-corrected chi connectivity index (χ0v) is 11.1. The summed E-state index contributed by atoms with van der Waals surface area (Å²) in [6, 6.07) is 11.2. The van der Waals surface area contributed by atoms with Crippen LogP contribution in [0.5, 0.6) is 0 Å². The molecule has 0 saturated heterocycles. The van der Waals surface area contributed by atoms with Crippen LogP contribution < -0.4 is 5.32 Å². The second kappa shape index (κ2) is 5.93. The first-order valence-electron chi connectivity index (χ1n) is 6.37. The van der Waals surface area contributed by atoms with Gasteiger partial charge in [0.1, 0.15) is 11.6 Å². The molecule has 0 aromatic heterocycles. The monoisotopic (exact) mass is 261 g/mol. The number of hydrogen-bond acceptors (Lipinski definition) is 1. The van der Waals surface area contributed by atoms with Crippen molar-refractivity contribution in [2.75, 3.05) is 6.54 Å². The zero-order valence-electron chi connectivity index (χ0n) is 11.1. The average Bonchev–Trinajstić information content (AvgIpc) is 2.41. The quantitative estimate of drug-likeness (QED) is 0.878. The maximum absolute atomic E-state index is 14.2. The van der Waals surface area contributed by atoms with Gasteiger partial charge in [0, 0.05) is 5.56 Å². The zero-order chi connectivity index (χ0) is 13.8. The van der Waals surface area contributed by atoms with Gasteiger partial charge in [-0.05, 0) is 36.7 Å². The first-order chi connectivity index (χ1) is 9.13. The third-order valence-corrected chi connectivity index (χ3v) is 3.14. The maximum atomic E-state index is 14.2. The molecule has 0 aliphatic heterocycles. The van der Waals surface area contributed by atoms with Gasteiger partial charge in [0.05, 0.1) is 6.04 Å². The van der Waals surface area contributed by atoms with E-state index in [0.29, 0.717) is 17.7 Å². The Morgan fingerprint density at radius 2 is 1.74 bits per heavy atom. The molecule has 100 valence electrons. The summed E-state index contributed by atoms with van der Waals surface area (Å²) in [7, 11) is 0. The van der Waals surface area contributed by atoms with Crippen LogP contribution in [-0.4, -0.2) is 6.54 Å². The normalized spacial score (nSPS) is 12.4. The van der Waals surface area contributed by atoms with Crippen LogP contribution in [-0.2, 0) is 0 Å². The summed E-state index contributed by atoms with van der Waals surface area (Å²) < 4.78 is 27.2. The van der Waals surface area contributed by atoms with Crippen molar-refractivity contribution in [1.29, 1.82) is 0 Å². The van der Waals surface area contributed by atoms with E-state index in [1.807, 2.05) is 13.0 Å². The molecule has 0 bridgehead atoms. The van der Waals surface area contributed by atoms with Crippen molar-refractivity contribution in [2.45, 2.75) is 19.9 Å². The minimum Gasteiger partial charge on any atom is -0.306 e. The highest BCUT2D eigenvalue weighted by Crippen LogP contribution is 2.26. The summed E-state index contributed by atoms with van der Waals surface area (Å²) in [4.78, 5) is 0. The van der Waals surface area contributed by atoms with Gasteiger partial charge in [-0.25, -0.2) is 8.78 Å². The van der Waals surface area contributed by atoms with Crippen molar-refractivity contribution < 1.29 is 8.78 Å². The predicted octanol–water partition coefficient (Wildman–Crippen LogP) is 3.97. The van der Waals surface area contributed by atoms with Crippen LogP contribution in [0.25, 0.3) is 0 Å². The van der Waals surface area contributed by atoms with Crippen molar-refractivity contribution in [3.05, 3.63) is 70.8 Å². The Bertz CT molecular complexity index is 549. The highest BCUT2D eigenvalue weighted by atomic mass is 19.1. The van der Waals surface area contributed by atoms with Crippen molar-refractivity contribution in [2.24, 2.45) is 0 Å². The van der Waals surface area contributed by atoms with E-state index in [1.54, 1.807) is 31.2 Å². The molecule has 0 radical (unpaired) electrons. The fourth-order valence-corrected chi connectivity index (χ4v) is 2.16. The first-order valence-corrected chi connectivity index (χ1v) is 6.37. The van der Waals surface area contributed by atoms with Crippen molar-refractivity contribution in [1.82, 2.24) is 5.32 Å². The van der Waals surface area contributed by atoms with Gasteiger partial charge in [-0.3, -0.25) is 0 Å². The van der Waals surface area contributed by atoms with E-state index >= 15 is 0 Å². The highest BCUT2D eigenvalue weighted by molar-refractivity contribution is 5.35. The Balaban J connectivity index is 2.45. The topological polar surface area (TPSA) is 12.0 Å². The van der Waals surface area contributed by atoms with E-state index in [0.717, 1.165) is 5.56 Å². The lowest BCUT2D eigenvalue weighted by molar-refractivity contribution is 0.552. The smallest absolute Gasteiger partial charge is 0.131 e. The van der Waals surface area contributed by atoms with Crippen LogP contribution in [0.2, 0.25) is 0 Å². The van der Waals surface area contributed by atoms with E-state index in [2.05, 4.69) is 5.32 Å². The lowest BCUT2D eigenvalue weighted by Crippen LogP contribution is -2.23. The van der Waals surface area contributed by atoms with Gasteiger partial charge in [-0.1, -0.05) is 37.3 Å². The number of nitrogens with one attached hydrogen (secondary N) is 1. The number of hydrogen-bond donors (Lipinski definition) is 1. The minimum absolute atomic E-state index is 0.210. The van der Waals surface area contributed by atoms with Gasteiger partial charge in [0.25, 0.3) is 0 Å². The van der Waals surface area contributed by atoms with Crippen LogP contribution >= 0.6 is 0 Å². The molecular formula is C16H17F2N. The minimum atomic E-state index is -0.288. The Labute approximate surface area is 112 Å². The van der Waals surface area contributed by atoms with Gasteiger partial charge in [0.15, 0.2) is 0 Å². The Morgan fingerprint density at radius 1 is 1.05 bits per heavy atom. The molecule has 0 heterocycles. The molecule has 0 amide bonds. The number of benzene rings is 2. The lowest BCUT2D eigenvalue weighted by Gasteiger charge is -2.20. The Kier molecular flexibility index (Phi) is 4.27. The standard InChI is InChI=1S/C16H17F2N/c1-3-19-16(12-7-9-13(17)10-8-12)14-6-4-5-11(2)15(14)18/h4-10,16,19H,3H2,1-2H3. The number of halogens is 2. The van der Waals surface area contributed by atoms with Crippen LogP contribution in [0.1, 0.15) is 29.7 Å². The van der Waals surface area contributed by atoms with E-state index < -0.39 is 0 Å². The van der Waals surface area contributed by atoms with E-state index in [1.165, 1.54) is 12.1 Å². The Morgan fingerprint density at radius 3 is 2.37 bits per heavy atom. The molecule has 2 rings (SSSR count). The van der Waals surface area contributed by atoms with Gasteiger partial charge in [-0.15, -0.1) is 0 Å². The molecule has 2 aromatic rings. The van der Waals surface area contributed by atoms with Gasteiger partial charge < -0.3 is 5.32 Å². The number of aryl methyl sites for hydroxylation is 1. The second-order valence-corrected chi connectivity index (χ2v) is 4.52. The molecule has 1 N–H and O–H groups in total. The average molecular weight is 261 g/mol. The summed E-state index contributed by atoms with van der Waals surface area (Å²) in [5, 5.41) is 3.24. The molecule has 19 heavy (non-hydrogen) atoms. The summed E-state index contributed by atoms with van der Waals surface area (Å²) in [5.74, 6) is -0.499. The molecule has 0 fully saturated rings. The van der Waals surface area contributed by atoms with Gasteiger partial charge >= 0.3 is 0 Å². The molecule has 0 saturated carbocycles. The highest BCUT2D eigenvalue weighted by Gasteiger charge is 2.17. The summed E-state index contributed by atoms with van der Waals surface area (Å²) >= 11 is 0. The third-order valence-electron chi connectivity index (χ3n) is 3.14. The molecule has 0 aliphatic rings. The van der Waals surface area contributed by atoms with Crippen molar-refractivity contribution >= 4 is 0 Å². The fraction of sp³-hybridized carbons (Fsp3) is 0.250. The van der Waals surface area contributed by atoms with Crippen molar-refractivity contribution in [3.63, 3.8) is 0 Å². The van der Waals surface area contributed by atoms with Crippen molar-refractivity contribution in [3.8, 4) is 0 Å². The lowest BCUT2D eigenvalue weighted by atomic mass is 9.96. The maximum Gasteiger partial charge on any atom is 0.131 e. The molecule has 1 nitrogen and oxygen atoms in total. The molecule has 1 atom stereocenters. The van der Waals surface area contributed by atoms with Crippen LogP contribution in [0, 0.1) is 18.6 Å². The largest absolute Gasteiger partial charge is 0.306 e. The van der Waals surface area contributed by atoms with E-state index in [4.69, 9.17) is 0 Å². The SMILES string of the molecule is CCNC(c1ccc(F)cc1)c1cccc(C)c1F. The van der Waals surface area contributed by atoms with E-state index in [9.17, 15) is 8.78 Å². The molecule has 0 aliphatic carbocycles. The second-order valence-electron chi connectivity index (χ2n) is 4.52. The first kappa shape index (κ1) is 13.7. The van der Waals surface area contributed by atoms with Gasteiger partial charge in [-0.2, -0.15) is 0 Å². The Hall–Kier alpha value is -1.74. The third kappa shape index (κ3) is 2.99. The summed E-state index contributed by atoms with van der Waals surface area (Å²) in [5.41, 5.74) is 2.06. The van der Waals surface area contributed by atoms with Crippen LogP contribution in [0.4, 0.5) is 8.78 Å². The molecule has 1 unspecified atom stereocenters. The van der Waals surface area contributed by atoms with Crippen LogP contribution in [0.3, 0.4) is 0 Å². The van der Waals surface area contributed by atoms with E-state index in [-0.39, 0.29) is 17.7 Å². The molecular weight excluding hydrogens is 244 g/mol. The fourth-order valence-electron chi connectivity index (χ4n) is 2.16. The molecule has 3 heteroatoms. The van der Waals surface area contributed by atoms with Gasteiger partial charge in [0.2, 0.25) is 0 Å². The predicted molar refractivity (Wildman–Crippen MR) is 73.1 cm³/mol.